The van der Waals surface area contributed by atoms with E-state index in [9.17, 15) is 9.90 Å². The van der Waals surface area contributed by atoms with Crippen molar-refractivity contribution in [2.75, 3.05) is 0 Å². The van der Waals surface area contributed by atoms with Gasteiger partial charge in [0.2, 0.25) is 5.91 Å². The minimum absolute atomic E-state index is 0.269. The van der Waals surface area contributed by atoms with Crippen LogP contribution in [0, 0.1) is 11.8 Å². The van der Waals surface area contributed by atoms with Crippen LogP contribution in [-0.4, -0.2) is 16.2 Å². The first-order valence-electron chi connectivity index (χ1n) is 8.38. The van der Waals surface area contributed by atoms with E-state index in [0.717, 1.165) is 16.7 Å². The molecule has 1 amide bonds. The fraction of sp³-hybridized carbons (Fsp3) is 0.350. The Balaban J connectivity index is 2.09. The van der Waals surface area contributed by atoms with E-state index < -0.39 is 17.9 Å². The van der Waals surface area contributed by atoms with Gasteiger partial charge in [-0.05, 0) is 47.6 Å². The van der Waals surface area contributed by atoms with Crippen LogP contribution in [0.15, 0.2) is 48.5 Å². The lowest BCUT2D eigenvalue weighted by Gasteiger charge is -2.20. The average Bonchev–Trinajstić information content (AvgIpc) is 2.61. The van der Waals surface area contributed by atoms with Crippen molar-refractivity contribution in [3.63, 3.8) is 0 Å². The van der Waals surface area contributed by atoms with Gasteiger partial charge in [-0.1, -0.05) is 61.8 Å². The quantitative estimate of drug-likeness (QED) is 0.498. The van der Waals surface area contributed by atoms with Crippen LogP contribution in [0.1, 0.15) is 38.4 Å². The number of carbonyl (C=O) groups is 1. The Labute approximate surface area is 153 Å². The second-order valence-corrected chi connectivity index (χ2v) is 7.12. The summed E-state index contributed by atoms with van der Waals surface area (Å²) in [6.07, 6.45) is 0.109. The molecule has 3 N–H and O–H groups in total. The summed E-state index contributed by atoms with van der Waals surface area (Å²) in [6, 6.07) is 15.1. The molecule has 4 nitrogen and oxygen atoms in total. The van der Waals surface area contributed by atoms with Crippen molar-refractivity contribution in [2.24, 2.45) is 11.8 Å². The lowest BCUT2D eigenvalue weighted by atomic mass is 9.89. The fourth-order valence-electron chi connectivity index (χ4n) is 2.92. The number of hydroxylamine groups is 1. The Hall–Kier alpha value is -1.88. The molecule has 25 heavy (non-hydrogen) atoms. The number of benzene rings is 2. The third-order valence-corrected chi connectivity index (χ3v) is 4.47. The Morgan fingerprint density at radius 1 is 1.00 bits per heavy atom. The van der Waals surface area contributed by atoms with E-state index >= 15 is 0 Å². The van der Waals surface area contributed by atoms with Crippen molar-refractivity contribution in [1.29, 1.82) is 0 Å². The van der Waals surface area contributed by atoms with Crippen LogP contribution in [0.4, 0.5) is 0 Å². The number of aliphatic hydroxyl groups is 1. The number of carbonyl (C=O) groups excluding carboxylic acids is 1. The zero-order valence-electron chi connectivity index (χ0n) is 14.4. The molecule has 134 valence electrons. The highest BCUT2D eigenvalue weighted by atomic mass is 35.5. The van der Waals surface area contributed by atoms with Crippen molar-refractivity contribution < 1.29 is 15.1 Å². The third-order valence-electron chi connectivity index (χ3n) is 4.22. The van der Waals surface area contributed by atoms with Crippen LogP contribution in [0.2, 0.25) is 5.02 Å². The highest BCUT2D eigenvalue weighted by Crippen LogP contribution is 2.28. The van der Waals surface area contributed by atoms with Gasteiger partial charge in [-0.25, -0.2) is 5.48 Å². The van der Waals surface area contributed by atoms with Crippen LogP contribution in [0.5, 0.6) is 0 Å². The summed E-state index contributed by atoms with van der Waals surface area (Å²) in [5, 5.41) is 20.0. The predicted octanol–water partition coefficient (Wildman–Crippen LogP) is 4.60. The third kappa shape index (κ3) is 5.56. The van der Waals surface area contributed by atoms with Gasteiger partial charge in [-0.15, -0.1) is 0 Å². The number of nitrogens with one attached hydrogen (secondary N) is 1. The molecule has 2 unspecified atom stereocenters. The summed E-state index contributed by atoms with van der Waals surface area (Å²) in [5.74, 6) is -0.594. The number of amides is 1. The molecule has 0 saturated carbocycles. The molecule has 0 aliphatic carbocycles. The summed E-state index contributed by atoms with van der Waals surface area (Å²) in [4.78, 5) is 11.8. The van der Waals surface area contributed by atoms with Gasteiger partial charge in [-0.2, -0.15) is 0 Å². The smallest absolute Gasteiger partial charge is 0.246 e. The van der Waals surface area contributed by atoms with Crippen LogP contribution in [0.25, 0.3) is 11.1 Å². The number of halogens is 1. The van der Waals surface area contributed by atoms with Crippen LogP contribution in [-0.2, 0) is 4.79 Å². The number of hydrogen-bond donors (Lipinski definition) is 3. The van der Waals surface area contributed by atoms with E-state index in [0.29, 0.717) is 17.4 Å². The molecule has 0 saturated heterocycles. The van der Waals surface area contributed by atoms with E-state index in [2.05, 4.69) is 0 Å². The molecule has 2 aromatic rings. The molecule has 0 spiro atoms. The van der Waals surface area contributed by atoms with E-state index in [-0.39, 0.29) is 6.42 Å². The first-order valence-corrected chi connectivity index (χ1v) is 8.76. The molecule has 0 radical (unpaired) electrons. The highest BCUT2D eigenvalue weighted by Gasteiger charge is 2.23. The number of hydrogen-bond acceptors (Lipinski definition) is 3. The van der Waals surface area contributed by atoms with Gasteiger partial charge in [0.25, 0.3) is 0 Å². The Morgan fingerprint density at radius 3 is 2.00 bits per heavy atom. The molecule has 2 rings (SSSR count). The zero-order chi connectivity index (χ0) is 18.4. The molecular formula is C20H24ClNO3. The maximum atomic E-state index is 11.8. The van der Waals surface area contributed by atoms with Gasteiger partial charge < -0.3 is 5.11 Å². The van der Waals surface area contributed by atoms with E-state index in [1.165, 1.54) is 0 Å². The van der Waals surface area contributed by atoms with Gasteiger partial charge in [0, 0.05) is 10.9 Å². The molecular weight excluding hydrogens is 338 g/mol. The summed E-state index contributed by atoms with van der Waals surface area (Å²) < 4.78 is 0. The van der Waals surface area contributed by atoms with Crippen LogP contribution < -0.4 is 5.48 Å². The molecule has 0 fully saturated rings. The Morgan fingerprint density at radius 2 is 1.52 bits per heavy atom. The topological polar surface area (TPSA) is 69.6 Å². The molecule has 2 aromatic carbocycles. The molecule has 5 heteroatoms. The van der Waals surface area contributed by atoms with Crippen molar-refractivity contribution in [3.8, 4) is 11.1 Å². The Kier molecular flexibility index (Phi) is 7.00. The summed E-state index contributed by atoms with van der Waals surface area (Å²) >= 11 is 5.90. The minimum atomic E-state index is -0.764. The largest absolute Gasteiger partial charge is 0.388 e. The standard InChI is InChI=1S/C20H24ClNO3/c1-13(2)11-17(20(24)22-25)12-19(23)16-5-3-14(4-6-16)15-7-9-18(21)10-8-15/h3-10,13,17,19,23,25H,11-12H2,1-2H3,(H,22,24). The summed E-state index contributed by atoms with van der Waals surface area (Å²) in [7, 11) is 0. The zero-order valence-corrected chi connectivity index (χ0v) is 15.2. The molecule has 2 atom stereocenters. The first-order chi connectivity index (χ1) is 11.9. The van der Waals surface area contributed by atoms with Gasteiger partial charge in [-0.3, -0.25) is 10.0 Å². The van der Waals surface area contributed by atoms with E-state index in [1.807, 2.05) is 62.4 Å². The normalized spacial score (nSPS) is 13.5. The second kappa shape index (κ2) is 8.99. The monoisotopic (exact) mass is 361 g/mol. The summed E-state index contributed by atoms with van der Waals surface area (Å²) in [6.45, 7) is 4.01. The summed E-state index contributed by atoms with van der Waals surface area (Å²) in [5.41, 5.74) is 4.52. The van der Waals surface area contributed by atoms with Crippen molar-refractivity contribution in [1.82, 2.24) is 5.48 Å². The van der Waals surface area contributed by atoms with E-state index in [4.69, 9.17) is 16.8 Å². The fourth-order valence-corrected chi connectivity index (χ4v) is 3.04. The second-order valence-electron chi connectivity index (χ2n) is 6.68. The number of rotatable bonds is 7. The molecule has 0 heterocycles. The SMILES string of the molecule is CC(C)CC(CC(O)c1ccc(-c2ccc(Cl)cc2)cc1)C(=O)NO. The molecule has 0 aliphatic rings. The maximum Gasteiger partial charge on any atom is 0.246 e. The molecule has 0 aliphatic heterocycles. The molecule has 0 bridgehead atoms. The Bertz CT molecular complexity index is 683. The van der Waals surface area contributed by atoms with Gasteiger partial charge >= 0.3 is 0 Å². The van der Waals surface area contributed by atoms with Crippen molar-refractivity contribution in [3.05, 3.63) is 59.1 Å². The molecule has 0 aromatic heterocycles. The highest BCUT2D eigenvalue weighted by molar-refractivity contribution is 6.30. The van der Waals surface area contributed by atoms with Crippen LogP contribution in [0.3, 0.4) is 0 Å². The predicted molar refractivity (Wildman–Crippen MR) is 99.3 cm³/mol. The van der Waals surface area contributed by atoms with Crippen molar-refractivity contribution >= 4 is 17.5 Å². The van der Waals surface area contributed by atoms with Gasteiger partial charge in [0.15, 0.2) is 0 Å². The lowest BCUT2D eigenvalue weighted by Crippen LogP contribution is -2.30. The van der Waals surface area contributed by atoms with Crippen LogP contribution >= 0.6 is 11.6 Å². The lowest BCUT2D eigenvalue weighted by molar-refractivity contribution is -0.135. The van der Waals surface area contributed by atoms with E-state index in [1.54, 1.807) is 5.48 Å². The van der Waals surface area contributed by atoms with Crippen molar-refractivity contribution in [2.45, 2.75) is 32.8 Å². The number of aliphatic hydroxyl groups excluding tert-OH is 1. The first kappa shape index (κ1) is 19.4. The van der Waals surface area contributed by atoms with Gasteiger partial charge in [0.1, 0.15) is 0 Å². The average molecular weight is 362 g/mol. The maximum absolute atomic E-state index is 11.8. The minimum Gasteiger partial charge on any atom is -0.388 e. The van der Waals surface area contributed by atoms with Gasteiger partial charge in [0.05, 0.1) is 6.10 Å².